The minimum absolute atomic E-state index is 0.0228. The van der Waals surface area contributed by atoms with E-state index >= 15 is 0 Å². The third-order valence-corrected chi connectivity index (χ3v) is 6.59. The van der Waals surface area contributed by atoms with Crippen LogP contribution in [0.2, 0.25) is 0 Å². The molecule has 12 nitrogen and oxygen atoms in total. The van der Waals surface area contributed by atoms with Gasteiger partial charge in [-0.2, -0.15) is 5.10 Å². The standard InChI is InChI=1S/C27H24N6O6/c1-39-24-11-5-19(6-12-24)25-18-26(31(28-25)22-3-2-4-23(17-22)33(37)38)27(34)30-15-13-29(14-16-30)20-7-9-21(10-8-20)32(35)36/h2-12,17-18H,13-16H2,1H3. The Morgan fingerprint density at radius 3 is 2.10 bits per heavy atom. The molecule has 198 valence electrons. The normalized spacial score (nSPS) is 13.3. The first kappa shape index (κ1) is 25.4. The average Bonchev–Trinajstić information content (AvgIpc) is 3.42. The van der Waals surface area contributed by atoms with E-state index in [-0.39, 0.29) is 23.0 Å². The summed E-state index contributed by atoms with van der Waals surface area (Å²) in [5.74, 6) is 0.427. The lowest BCUT2D eigenvalue weighted by Crippen LogP contribution is -2.49. The van der Waals surface area contributed by atoms with Gasteiger partial charge in [0, 0.05) is 61.7 Å². The number of hydrogen-bond donors (Lipinski definition) is 0. The Morgan fingerprint density at radius 1 is 0.821 bits per heavy atom. The van der Waals surface area contributed by atoms with Gasteiger partial charge in [-0.15, -0.1) is 0 Å². The number of aromatic nitrogens is 2. The van der Waals surface area contributed by atoms with E-state index in [1.54, 1.807) is 54.5 Å². The minimum Gasteiger partial charge on any atom is -0.497 e. The summed E-state index contributed by atoms with van der Waals surface area (Å²) in [5.41, 5.74) is 2.74. The van der Waals surface area contributed by atoms with Crippen molar-refractivity contribution < 1.29 is 19.4 Å². The predicted octanol–water partition coefficient (Wildman–Crippen LogP) is 4.33. The largest absolute Gasteiger partial charge is 0.497 e. The average molecular weight is 529 g/mol. The monoisotopic (exact) mass is 528 g/mol. The zero-order valence-corrected chi connectivity index (χ0v) is 21.0. The number of piperazine rings is 1. The van der Waals surface area contributed by atoms with Crippen LogP contribution in [0.3, 0.4) is 0 Å². The summed E-state index contributed by atoms with van der Waals surface area (Å²) >= 11 is 0. The molecule has 4 aromatic rings. The molecule has 1 saturated heterocycles. The molecular weight excluding hydrogens is 504 g/mol. The summed E-state index contributed by atoms with van der Waals surface area (Å²) in [5, 5.41) is 27.0. The van der Waals surface area contributed by atoms with Gasteiger partial charge in [0.25, 0.3) is 17.3 Å². The molecule has 1 aliphatic heterocycles. The lowest BCUT2D eigenvalue weighted by Gasteiger charge is -2.36. The molecule has 5 rings (SSSR count). The van der Waals surface area contributed by atoms with E-state index < -0.39 is 9.85 Å². The molecule has 0 bridgehead atoms. The van der Waals surface area contributed by atoms with Gasteiger partial charge in [0.2, 0.25) is 0 Å². The zero-order valence-electron chi connectivity index (χ0n) is 21.0. The fourth-order valence-electron chi connectivity index (χ4n) is 4.49. The molecular formula is C27H24N6O6. The van der Waals surface area contributed by atoms with Crippen LogP contribution in [0.1, 0.15) is 10.5 Å². The first-order valence-corrected chi connectivity index (χ1v) is 12.1. The van der Waals surface area contributed by atoms with Gasteiger partial charge in [0.15, 0.2) is 0 Å². The Balaban J connectivity index is 1.42. The fourth-order valence-corrected chi connectivity index (χ4v) is 4.49. The maximum Gasteiger partial charge on any atom is 0.272 e. The Bertz CT molecular complexity index is 1530. The summed E-state index contributed by atoms with van der Waals surface area (Å²) < 4.78 is 6.67. The van der Waals surface area contributed by atoms with Crippen molar-refractivity contribution in [1.29, 1.82) is 0 Å². The lowest BCUT2D eigenvalue weighted by atomic mass is 10.1. The van der Waals surface area contributed by atoms with Crippen molar-refractivity contribution in [2.24, 2.45) is 0 Å². The number of non-ortho nitro benzene ring substituents is 2. The summed E-state index contributed by atoms with van der Waals surface area (Å²) in [6.07, 6.45) is 0. The second kappa shape index (κ2) is 10.6. The molecule has 0 aliphatic carbocycles. The molecule has 0 N–H and O–H groups in total. The quantitative estimate of drug-likeness (QED) is 0.255. The van der Waals surface area contributed by atoms with Crippen LogP contribution < -0.4 is 9.64 Å². The van der Waals surface area contributed by atoms with Crippen LogP contribution >= 0.6 is 0 Å². The number of rotatable bonds is 7. The van der Waals surface area contributed by atoms with E-state index in [0.717, 1.165) is 11.3 Å². The van der Waals surface area contributed by atoms with Gasteiger partial charge >= 0.3 is 0 Å². The molecule has 1 fully saturated rings. The first-order valence-electron chi connectivity index (χ1n) is 12.1. The van der Waals surface area contributed by atoms with E-state index in [4.69, 9.17) is 4.74 Å². The highest BCUT2D eigenvalue weighted by Gasteiger charge is 2.27. The number of anilines is 1. The maximum absolute atomic E-state index is 13.7. The summed E-state index contributed by atoms with van der Waals surface area (Å²) in [4.78, 5) is 38.9. The molecule has 0 radical (unpaired) electrons. The number of amides is 1. The van der Waals surface area contributed by atoms with E-state index in [1.807, 2.05) is 12.1 Å². The van der Waals surface area contributed by atoms with Crippen molar-refractivity contribution in [3.05, 3.63) is 105 Å². The molecule has 2 heterocycles. The summed E-state index contributed by atoms with van der Waals surface area (Å²) in [6, 6.07) is 21.3. The van der Waals surface area contributed by atoms with Crippen LogP contribution in [0.25, 0.3) is 16.9 Å². The van der Waals surface area contributed by atoms with Crippen molar-refractivity contribution in [3.63, 3.8) is 0 Å². The van der Waals surface area contributed by atoms with Gasteiger partial charge in [-0.25, -0.2) is 4.68 Å². The molecule has 1 amide bonds. The molecule has 39 heavy (non-hydrogen) atoms. The number of ether oxygens (including phenoxy) is 1. The number of hydrogen-bond acceptors (Lipinski definition) is 8. The molecule has 3 aromatic carbocycles. The van der Waals surface area contributed by atoms with Gasteiger partial charge in [-0.05, 0) is 48.5 Å². The molecule has 0 spiro atoms. The lowest BCUT2D eigenvalue weighted by molar-refractivity contribution is -0.385. The second-order valence-electron chi connectivity index (χ2n) is 8.88. The van der Waals surface area contributed by atoms with Crippen LogP contribution in [0.4, 0.5) is 17.1 Å². The summed E-state index contributed by atoms with van der Waals surface area (Å²) in [7, 11) is 1.57. The van der Waals surface area contributed by atoms with Crippen LogP contribution in [-0.2, 0) is 0 Å². The predicted molar refractivity (Wildman–Crippen MR) is 143 cm³/mol. The smallest absolute Gasteiger partial charge is 0.272 e. The maximum atomic E-state index is 13.7. The van der Waals surface area contributed by atoms with E-state index in [9.17, 15) is 25.0 Å². The zero-order chi connectivity index (χ0) is 27.5. The Morgan fingerprint density at radius 2 is 1.49 bits per heavy atom. The third kappa shape index (κ3) is 5.25. The van der Waals surface area contributed by atoms with Crippen molar-refractivity contribution in [1.82, 2.24) is 14.7 Å². The highest BCUT2D eigenvalue weighted by molar-refractivity contribution is 5.94. The fraction of sp³-hybridized carbons (Fsp3) is 0.185. The third-order valence-electron chi connectivity index (χ3n) is 6.59. The van der Waals surface area contributed by atoms with Gasteiger partial charge in [-0.1, -0.05) is 6.07 Å². The van der Waals surface area contributed by atoms with Crippen LogP contribution in [0.5, 0.6) is 5.75 Å². The van der Waals surface area contributed by atoms with Gasteiger partial charge in [0.1, 0.15) is 11.4 Å². The number of nitro benzene ring substituents is 2. The SMILES string of the molecule is COc1ccc(-c2cc(C(=O)N3CCN(c4ccc([N+](=O)[O-])cc4)CC3)n(-c3cccc([N+](=O)[O-])c3)n2)cc1. The van der Waals surface area contributed by atoms with Gasteiger partial charge in [0.05, 0.1) is 28.3 Å². The highest BCUT2D eigenvalue weighted by atomic mass is 16.6. The Kier molecular flexibility index (Phi) is 6.91. The van der Waals surface area contributed by atoms with E-state index in [1.165, 1.54) is 28.9 Å². The summed E-state index contributed by atoms with van der Waals surface area (Å²) in [6.45, 7) is 1.93. The minimum atomic E-state index is -0.490. The molecule has 0 unspecified atom stereocenters. The highest BCUT2D eigenvalue weighted by Crippen LogP contribution is 2.27. The van der Waals surface area contributed by atoms with Crippen molar-refractivity contribution >= 4 is 23.0 Å². The number of nitrogens with zero attached hydrogens (tertiary/aromatic N) is 6. The molecule has 0 saturated carbocycles. The van der Waals surface area contributed by atoms with Crippen molar-refractivity contribution in [3.8, 4) is 22.7 Å². The topological polar surface area (TPSA) is 137 Å². The number of nitro groups is 2. The van der Waals surface area contributed by atoms with E-state index in [0.29, 0.717) is 43.3 Å². The number of benzene rings is 3. The Hall–Kier alpha value is -5.26. The van der Waals surface area contributed by atoms with Crippen LogP contribution in [-0.4, -0.2) is 63.7 Å². The Labute approximate surface area is 222 Å². The molecule has 1 aromatic heterocycles. The van der Waals surface area contributed by atoms with Crippen molar-refractivity contribution in [2.45, 2.75) is 0 Å². The number of carbonyl (C=O) groups excluding carboxylic acids is 1. The van der Waals surface area contributed by atoms with Crippen LogP contribution in [0.15, 0.2) is 78.9 Å². The number of methoxy groups -OCH3 is 1. The molecule has 0 atom stereocenters. The van der Waals surface area contributed by atoms with Crippen molar-refractivity contribution in [2.75, 3.05) is 38.2 Å². The molecule has 1 aliphatic rings. The molecule has 12 heteroatoms. The van der Waals surface area contributed by atoms with E-state index in [2.05, 4.69) is 10.00 Å². The number of carbonyl (C=O) groups is 1. The van der Waals surface area contributed by atoms with Gasteiger partial charge in [-0.3, -0.25) is 25.0 Å². The second-order valence-corrected chi connectivity index (χ2v) is 8.88. The van der Waals surface area contributed by atoms with Gasteiger partial charge < -0.3 is 14.5 Å². The van der Waals surface area contributed by atoms with Crippen LogP contribution in [0, 0.1) is 20.2 Å². The first-order chi connectivity index (χ1) is 18.8.